The normalized spacial score (nSPS) is 44.5. The average molecular weight is 492 g/mol. The van der Waals surface area contributed by atoms with Crippen LogP contribution in [0.3, 0.4) is 0 Å². The van der Waals surface area contributed by atoms with E-state index in [-0.39, 0.29) is 57.6 Å². The number of nitriles is 1. The first-order chi connectivity index (χ1) is 16.7. The van der Waals surface area contributed by atoms with Crippen molar-refractivity contribution in [2.45, 2.75) is 86.5 Å². The van der Waals surface area contributed by atoms with E-state index in [1.165, 1.54) is 7.11 Å². The molecule has 3 saturated carbocycles. The van der Waals surface area contributed by atoms with Crippen LogP contribution in [0.15, 0.2) is 23.3 Å². The van der Waals surface area contributed by atoms with Gasteiger partial charge in [0, 0.05) is 16.7 Å². The molecule has 7 atom stereocenters. The number of nitrogens with zero attached hydrogens (tertiary/aromatic N) is 1. The van der Waals surface area contributed by atoms with Crippen LogP contribution in [0.5, 0.6) is 0 Å². The second kappa shape index (κ2) is 7.65. The van der Waals surface area contributed by atoms with Crippen molar-refractivity contribution in [3.05, 3.63) is 23.3 Å². The first-order valence-corrected chi connectivity index (χ1v) is 13.7. The molecule has 1 unspecified atom stereocenters. The molecule has 5 aliphatic carbocycles. The van der Waals surface area contributed by atoms with Crippen LogP contribution in [0.1, 0.15) is 86.5 Å². The standard InChI is InChI=1S/C31H41NO4/c1-27(2)10-12-31(26(35)36-7)13-11-29(5)19-8-9-23-28(3,4)25(34)18(17-32)15-30(23,6)20(19)14-22(33)24(29)21(31)16-27/h14-15,19,21,23-24H,8-13,16H2,1-7H3/t19?,21-,23-,24-,29-,30+,31-/m0/s1. The van der Waals surface area contributed by atoms with Gasteiger partial charge in [-0.25, -0.2) is 0 Å². The number of carbonyl (C=O) groups is 3. The van der Waals surface area contributed by atoms with Crippen molar-refractivity contribution in [2.75, 3.05) is 7.11 Å². The van der Waals surface area contributed by atoms with Crippen molar-refractivity contribution in [1.82, 2.24) is 0 Å². The van der Waals surface area contributed by atoms with Gasteiger partial charge in [-0.2, -0.15) is 5.26 Å². The molecule has 0 heterocycles. The maximum atomic E-state index is 14.2. The number of hydrogen-bond acceptors (Lipinski definition) is 5. The van der Waals surface area contributed by atoms with Gasteiger partial charge in [-0.1, -0.05) is 53.2 Å². The van der Waals surface area contributed by atoms with E-state index in [1.54, 1.807) is 0 Å². The van der Waals surface area contributed by atoms with Crippen LogP contribution in [0.2, 0.25) is 0 Å². The molecule has 5 rings (SSSR count). The van der Waals surface area contributed by atoms with Crippen LogP contribution in [-0.4, -0.2) is 24.6 Å². The highest BCUT2D eigenvalue weighted by Crippen LogP contribution is 2.70. The van der Waals surface area contributed by atoms with Gasteiger partial charge in [-0.15, -0.1) is 0 Å². The number of carbonyl (C=O) groups excluding carboxylic acids is 3. The van der Waals surface area contributed by atoms with Crippen LogP contribution in [-0.2, 0) is 19.1 Å². The zero-order valence-corrected chi connectivity index (χ0v) is 23.0. The monoisotopic (exact) mass is 491 g/mol. The molecular formula is C31H41NO4. The highest BCUT2D eigenvalue weighted by Gasteiger charge is 2.67. The lowest BCUT2D eigenvalue weighted by atomic mass is 9.38. The molecule has 0 amide bonds. The maximum Gasteiger partial charge on any atom is 0.312 e. The van der Waals surface area contributed by atoms with E-state index in [0.717, 1.165) is 50.5 Å². The van der Waals surface area contributed by atoms with Gasteiger partial charge >= 0.3 is 5.97 Å². The lowest BCUT2D eigenvalue weighted by molar-refractivity contribution is -0.183. The summed E-state index contributed by atoms with van der Waals surface area (Å²) in [6, 6.07) is 2.16. The van der Waals surface area contributed by atoms with E-state index >= 15 is 0 Å². The summed E-state index contributed by atoms with van der Waals surface area (Å²) in [6.07, 6.45) is 9.75. The molecule has 5 nitrogen and oxygen atoms in total. The van der Waals surface area contributed by atoms with Gasteiger partial charge in [-0.05, 0) is 79.6 Å². The molecule has 0 N–H and O–H groups in total. The molecular weight excluding hydrogens is 450 g/mol. The van der Waals surface area contributed by atoms with Crippen LogP contribution >= 0.6 is 0 Å². The molecule has 5 heteroatoms. The fraction of sp³-hybridized carbons (Fsp3) is 0.742. The molecule has 194 valence electrons. The van der Waals surface area contributed by atoms with Crippen molar-refractivity contribution in [3.8, 4) is 6.07 Å². The van der Waals surface area contributed by atoms with Crippen LogP contribution < -0.4 is 0 Å². The molecule has 0 aliphatic heterocycles. The third-order valence-electron chi connectivity index (χ3n) is 11.7. The zero-order chi connectivity index (χ0) is 26.5. The van der Waals surface area contributed by atoms with Gasteiger partial charge in [-0.3, -0.25) is 14.4 Å². The summed E-state index contributed by atoms with van der Waals surface area (Å²) in [4.78, 5) is 40.6. The number of fused-ring (bicyclic) bond motifs is 7. The lowest BCUT2D eigenvalue weighted by Crippen LogP contribution is -2.62. The molecule has 0 radical (unpaired) electrons. The number of allylic oxidation sites excluding steroid dienone is 4. The van der Waals surface area contributed by atoms with Gasteiger partial charge in [0.25, 0.3) is 0 Å². The minimum Gasteiger partial charge on any atom is -0.469 e. The van der Waals surface area contributed by atoms with E-state index in [4.69, 9.17) is 4.74 Å². The number of Topliss-reactive ketones (excluding diaryl/α,β-unsaturated/α-hetero) is 1. The van der Waals surface area contributed by atoms with E-state index in [1.807, 2.05) is 26.0 Å². The topological polar surface area (TPSA) is 84.2 Å². The first-order valence-electron chi connectivity index (χ1n) is 13.7. The molecule has 0 aromatic carbocycles. The first kappa shape index (κ1) is 25.4. The van der Waals surface area contributed by atoms with Crippen LogP contribution in [0.4, 0.5) is 0 Å². The Kier molecular flexibility index (Phi) is 5.40. The Labute approximate surface area is 215 Å². The molecule has 0 aromatic heterocycles. The van der Waals surface area contributed by atoms with Crippen molar-refractivity contribution in [3.63, 3.8) is 0 Å². The summed E-state index contributed by atoms with van der Waals surface area (Å²) in [7, 11) is 1.48. The fourth-order valence-corrected chi connectivity index (χ4v) is 9.76. The Hall–Kier alpha value is -2.22. The number of ether oxygens (including phenoxy) is 1. The number of esters is 1. The molecule has 0 aromatic rings. The Balaban J connectivity index is 1.66. The highest BCUT2D eigenvalue weighted by atomic mass is 16.5. The number of rotatable bonds is 1. The van der Waals surface area contributed by atoms with E-state index < -0.39 is 16.2 Å². The molecule has 3 fully saturated rings. The van der Waals surface area contributed by atoms with E-state index in [2.05, 4.69) is 33.8 Å². The fourth-order valence-electron chi connectivity index (χ4n) is 9.76. The van der Waals surface area contributed by atoms with Crippen LogP contribution in [0, 0.1) is 62.1 Å². The van der Waals surface area contributed by atoms with Gasteiger partial charge in [0.2, 0.25) is 0 Å². The third-order valence-corrected chi connectivity index (χ3v) is 11.7. The second-order valence-electron chi connectivity index (χ2n) is 14.3. The van der Waals surface area contributed by atoms with Crippen molar-refractivity contribution in [1.29, 1.82) is 5.26 Å². The number of ketones is 2. The van der Waals surface area contributed by atoms with E-state index in [0.29, 0.717) is 0 Å². The second-order valence-corrected chi connectivity index (χ2v) is 14.3. The Bertz CT molecular complexity index is 1150. The summed E-state index contributed by atoms with van der Waals surface area (Å²) in [5, 5.41) is 9.80. The maximum absolute atomic E-state index is 14.2. The highest BCUT2D eigenvalue weighted by molar-refractivity contribution is 6.04. The SMILES string of the molecule is COC(=O)[C@]12CCC(C)(C)C[C@H]1[C@H]1C(=O)C=C3C(CC[C@H]4C(C)(C)C(=O)C(C#N)=C[C@]34C)[C@]1(C)CC2. The smallest absolute Gasteiger partial charge is 0.312 e. The quantitative estimate of drug-likeness (QED) is 0.421. The average Bonchev–Trinajstić information content (AvgIpc) is 2.81. The Morgan fingerprint density at radius 2 is 1.69 bits per heavy atom. The van der Waals surface area contributed by atoms with Gasteiger partial charge in [0.1, 0.15) is 6.07 Å². The van der Waals surface area contributed by atoms with E-state index in [9.17, 15) is 19.6 Å². The predicted octanol–water partition coefficient (Wildman–Crippen LogP) is 5.99. The minimum atomic E-state index is -0.652. The zero-order valence-electron chi connectivity index (χ0n) is 23.0. The molecule has 0 spiro atoms. The third kappa shape index (κ3) is 3.09. The van der Waals surface area contributed by atoms with Gasteiger partial charge in [0.15, 0.2) is 11.6 Å². The minimum absolute atomic E-state index is 0.0298. The summed E-state index contributed by atoms with van der Waals surface area (Å²) in [5.74, 6) is -0.0869. The molecule has 5 aliphatic rings. The Morgan fingerprint density at radius 1 is 1.03 bits per heavy atom. The number of methoxy groups -OCH3 is 1. The predicted molar refractivity (Wildman–Crippen MR) is 136 cm³/mol. The van der Waals surface area contributed by atoms with Gasteiger partial charge in [0.05, 0.1) is 18.1 Å². The molecule has 0 bridgehead atoms. The van der Waals surface area contributed by atoms with Crippen LogP contribution in [0.25, 0.3) is 0 Å². The summed E-state index contributed by atoms with van der Waals surface area (Å²) in [6.45, 7) is 12.9. The van der Waals surface area contributed by atoms with Crippen molar-refractivity contribution >= 4 is 17.5 Å². The molecule has 36 heavy (non-hydrogen) atoms. The summed E-state index contributed by atoms with van der Waals surface area (Å²) < 4.78 is 5.38. The summed E-state index contributed by atoms with van der Waals surface area (Å²) in [5.41, 5.74) is -0.578. The largest absolute Gasteiger partial charge is 0.469 e. The number of hydrogen-bond donors (Lipinski definition) is 0. The van der Waals surface area contributed by atoms with Crippen molar-refractivity contribution in [2.24, 2.45) is 50.7 Å². The lowest BCUT2D eigenvalue weighted by Gasteiger charge is -2.64. The Morgan fingerprint density at radius 3 is 2.33 bits per heavy atom. The molecule has 0 saturated heterocycles. The summed E-state index contributed by atoms with van der Waals surface area (Å²) >= 11 is 0. The van der Waals surface area contributed by atoms with Crippen molar-refractivity contribution < 1.29 is 19.1 Å². The van der Waals surface area contributed by atoms with Gasteiger partial charge < -0.3 is 4.74 Å².